The molecule has 0 saturated heterocycles. The number of ether oxygens (including phenoxy) is 1. The van der Waals surface area contributed by atoms with Crippen molar-refractivity contribution in [2.24, 2.45) is 0 Å². The third-order valence-corrected chi connectivity index (χ3v) is 3.48. The molecule has 0 unspecified atom stereocenters. The molecule has 0 radical (unpaired) electrons. The van der Waals surface area contributed by atoms with Crippen molar-refractivity contribution in [2.75, 3.05) is 0 Å². The number of pyridine rings is 1. The Kier molecular flexibility index (Phi) is 6.69. The predicted molar refractivity (Wildman–Crippen MR) is 96.4 cm³/mol. The Morgan fingerprint density at radius 3 is 2.50 bits per heavy atom. The molecular weight excluding hydrogens is 370 g/mol. The zero-order valence-corrected chi connectivity index (χ0v) is 15.1. The molecule has 1 N–H and O–H groups in total. The summed E-state index contributed by atoms with van der Waals surface area (Å²) in [5.41, 5.74) is 2.05. The number of esters is 1. The van der Waals surface area contributed by atoms with Crippen LogP contribution in [0.25, 0.3) is 11.4 Å². The number of H-pyrrole nitrogens is 1. The molecule has 1 aromatic carbocycles. The van der Waals surface area contributed by atoms with Crippen LogP contribution < -0.4 is 0 Å². The fourth-order valence-electron chi connectivity index (χ4n) is 1.89. The van der Waals surface area contributed by atoms with Crippen LogP contribution in [0, 0.1) is 0 Å². The van der Waals surface area contributed by atoms with E-state index < -0.39 is 5.97 Å². The van der Waals surface area contributed by atoms with Gasteiger partial charge in [0.1, 0.15) is 22.7 Å². The lowest BCUT2D eigenvalue weighted by molar-refractivity contribution is 0.0466. The minimum absolute atomic E-state index is 0.230. The van der Waals surface area contributed by atoms with E-state index in [-0.39, 0.29) is 6.61 Å². The lowest BCUT2D eigenvalue weighted by Gasteiger charge is -2.03. The van der Waals surface area contributed by atoms with Gasteiger partial charge in [0.2, 0.25) is 0 Å². The van der Waals surface area contributed by atoms with Crippen molar-refractivity contribution in [3.05, 3.63) is 70.7 Å². The molecule has 0 fully saturated rings. The van der Waals surface area contributed by atoms with Gasteiger partial charge in [0.25, 0.3) is 0 Å². The van der Waals surface area contributed by atoms with Gasteiger partial charge in [-0.2, -0.15) is 0 Å². The summed E-state index contributed by atoms with van der Waals surface area (Å²) in [6.07, 6.45) is 3.13. The molecule has 2 heterocycles. The summed E-state index contributed by atoms with van der Waals surface area (Å²) < 4.78 is 5.99. The van der Waals surface area contributed by atoms with E-state index in [2.05, 4.69) is 30.9 Å². The number of nitrogens with zero attached hydrogens (tertiary/aromatic N) is 2. The summed E-state index contributed by atoms with van der Waals surface area (Å²) >= 11 is 3.27. The maximum Gasteiger partial charge on any atom is 0.356 e. The molecule has 0 atom stereocenters. The van der Waals surface area contributed by atoms with Gasteiger partial charge >= 0.3 is 5.97 Å². The minimum Gasteiger partial charge on any atom is -0.456 e. The quantitative estimate of drug-likeness (QED) is 0.523. The fraction of sp³-hybridized carbons (Fsp3) is 0.167. The summed E-state index contributed by atoms with van der Waals surface area (Å²) in [4.78, 5) is 23.3. The average molecular weight is 388 g/mol. The Balaban J connectivity index is 0.00000100. The van der Waals surface area contributed by atoms with Gasteiger partial charge in [0.05, 0.1) is 6.20 Å². The molecule has 0 aliphatic carbocycles. The smallest absolute Gasteiger partial charge is 0.356 e. The number of aromatic nitrogens is 3. The van der Waals surface area contributed by atoms with Gasteiger partial charge in [0, 0.05) is 11.8 Å². The molecule has 0 aliphatic rings. The lowest BCUT2D eigenvalue weighted by Crippen LogP contribution is -2.05. The highest BCUT2D eigenvalue weighted by Crippen LogP contribution is 2.17. The molecule has 3 aromatic rings. The maximum atomic E-state index is 12.0. The Morgan fingerprint density at radius 2 is 1.83 bits per heavy atom. The molecule has 0 aliphatic heterocycles. The van der Waals surface area contributed by atoms with E-state index >= 15 is 0 Å². The second-order valence-electron chi connectivity index (χ2n) is 4.58. The first-order chi connectivity index (χ1) is 11.7. The van der Waals surface area contributed by atoms with E-state index in [1.54, 1.807) is 6.20 Å². The van der Waals surface area contributed by atoms with Crippen LogP contribution in [0.1, 0.15) is 29.9 Å². The highest BCUT2D eigenvalue weighted by molar-refractivity contribution is 9.10. The van der Waals surface area contributed by atoms with E-state index in [4.69, 9.17) is 4.74 Å². The van der Waals surface area contributed by atoms with E-state index in [1.807, 2.05) is 56.3 Å². The molecule has 0 saturated carbocycles. The fourth-order valence-corrected chi connectivity index (χ4v) is 2.12. The molecule has 5 nitrogen and oxygen atoms in total. The maximum absolute atomic E-state index is 12.0. The number of benzene rings is 1. The first kappa shape index (κ1) is 17.9. The minimum atomic E-state index is -0.437. The first-order valence-corrected chi connectivity index (χ1v) is 8.39. The van der Waals surface area contributed by atoms with E-state index in [0.29, 0.717) is 11.5 Å². The van der Waals surface area contributed by atoms with Crippen LogP contribution in [-0.2, 0) is 11.3 Å². The number of carbonyl (C=O) groups is 1. The first-order valence-electron chi connectivity index (χ1n) is 7.60. The second-order valence-corrected chi connectivity index (χ2v) is 5.39. The molecule has 6 heteroatoms. The van der Waals surface area contributed by atoms with Gasteiger partial charge < -0.3 is 9.72 Å². The van der Waals surface area contributed by atoms with Crippen molar-refractivity contribution >= 4 is 21.9 Å². The lowest BCUT2D eigenvalue weighted by atomic mass is 10.2. The zero-order valence-electron chi connectivity index (χ0n) is 13.5. The Hall–Kier alpha value is -2.47. The molecule has 3 rings (SSSR count). The largest absolute Gasteiger partial charge is 0.456 e. The molecule has 0 amide bonds. The van der Waals surface area contributed by atoms with Gasteiger partial charge in [-0.3, -0.25) is 0 Å². The van der Waals surface area contributed by atoms with Crippen LogP contribution in [0.15, 0.2) is 59.5 Å². The number of imidazole rings is 1. The van der Waals surface area contributed by atoms with Crippen LogP contribution >= 0.6 is 15.9 Å². The number of nitrogens with one attached hydrogen (secondary N) is 1. The van der Waals surface area contributed by atoms with E-state index in [9.17, 15) is 4.79 Å². The van der Waals surface area contributed by atoms with Gasteiger partial charge in [-0.1, -0.05) is 44.2 Å². The van der Waals surface area contributed by atoms with Crippen LogP contribution in [0.5, 0.6) is 0 Å². The summed E-state index contributed by atoms with van der Waals surface area (Å²) in [5.74, 6) is 0.138. The topological polar surface area (TPSA) is 67.9 Å². The number of rotatable bonds is 4. The summed E-state index contributed by atoms with van der Waals surface area (Å²) in [5, 5.41) is 0. The van der Waals surface area contributed by atoms with Gasteiger partial charge in [-0.15, -0.1) is 0 Å². The van der Waals surface area contributed by atoms with Crippen molar-refractivity contribution in [1.82, 2.24) is 15.0 Å². The number of carbonyl (C=O) groups excluding carboxylic acids is 1. The van der Waals surface area contributed by atoms with Gasteiger partial charge in [-0.05, 0) is 33.6 Å². The molecule has 124 valence electrons. The summed E-state index contributed by atoms with van der Waals surface area (Å²) in [6, 6.07) is 13.2. The number of hydrogen-bond acceptors (Lipinski definition) is 4. The molecular formula is C18H18BrN3O2. The third-order valence-electron chi connectivity index (χ3n) is 3.01. The molecule has 0 bridgehead atoms. The Morgan fingerprint density at radius 1 is 1.08 bits per heavy atom. The normalized spacial score (nSPS) is 9.79. The third kappa shape index (κ3) is 4.76. The van der Waals surface area contributed by atoms with Gasteiger partial charge in [0.15, 0.2) is 0 Å². The predicted octanol–water partition coefficient (Wildman–Crippen LogP) is 4.62. The SMILES string of the molecule is CC.O=C(OCc1ccccc1)c1cnc(-c2ccc(Br)nc2)[nH]1. The standard InChI is InChI=1S/C16H12BrN3O2.C2H6/c17-14-7-6-12(8-18-14)15-19-9-13(20-15)16(21)22-10-11-4-2-1-3-5-11;1-2/h1-9H,10H2,(H,19,20);1-2H3. The van der Waals surface area contributed by atoms with Crippen molar-refractivity contribution in [3.8, 4) is 11.4 Å². The van der Waals surface area contributed by atoms with Crippen molar-refractivity contribution in [2.45, 2.75) is 20.5 Å². The van der Waals surface area contributed by atoms with Crippen molar-refractivity contribution in [1.29, 1.82) is 0 Å². The Labute approximate surface area is 149 Å². The number of halogens is 1. The van der Waals surface area contributed by atoms with Gasteiger partial charge in [-0.25, -0.2) is 14.8 Å². The zero-order chi connectivity index (χ0) is 17.4. The van der Waals surface area contributed by atoms with Crippen LogP contribution in [-0.4, -0.2) is 20.9 Å². The molecule has 2 aromatic heterocycles. The van der Waals surface area contributed by atoms with Crippen LogP contribution in [0.2, 0.25) is 0 Å². The second kappa shape index (κ2) is 8.98. The van der Waals surface area contributed by atoms with E-state index in [1.165, 1.54) is 6.20 Å². The number of hydrogen-bond donors (Lipinski definition) is 1. The monoisotopic (exact) mass is 387 g/mol. The molecule has 24 heavy (non-hydrogen) atoms. The highest BCUT2D eigenvalue weighted by atomic mass is 79.9. The van der Waals surface area contributed by atoms with E-state index in [0.717, 1.165) is 15.7 Å². The van der Waals surface area contributed by atoms with Crippen LogP contribution in [0.3, 0.4) is 0 Å². The van der Waals surface area contributed by atoms with Crippen molar-refractivity contribution < 1.29 is 9.53 Å². The summed E-state index contributed by atoms with van der Waals surface area (Å²) in [7, 11) is 0. The number of aromatic amines is 1. The Bertz CT molecular complexity index is 770. The molecule has 0 spiro atoms. The highest BCUT2D eigenvalue weighted by Gasteiger charge is 2.12. The average Bonchev–Trinajstić information content (AvgIpc) is 3.13. The summed E-state index contributed by atoms with van der Waals surface area (Å²) in [6.45, 7) is 4.23. The van der Waals surface area contributed by atoms with Crippen molar-refractivity contribution in [3.63, 3.8) is 0 Å². The van der Waals surface area contributed by atoms with Crippen LogP contribution in [0.4, 0.5) is 0 Å².